The Hall–Kier alpha value is -0.170. The summed E-state index contributed by atoms with van der Waals surface area (Å²) in [4.78, 5) is 0. The van der Waals surface area contributed by atoms with E-state index in [4.69, 9.17) is 0 Å². The van der Waals surface area contributed by atoms with Gasteiger partial charge in [0, 0.05) is 7.05 Å². The van der Waals surface area contributed by atoms with Crippen LogP contribution in [0.4, 0.5) is 17.6 Å². The van der Waals surface area contributed by atoms with Gasteiger partial charge >= 0.3 is 12.3 Å². The molecule has 0 radical (unpaired) electrons. The van der Waals surface area contributed by atoms with Crippen molar-refractivity contribution >= 4 is 11.0 Å². The van der Waals surface area contributed by atoms with E-state index in [1.54, 1.807) is 0 Å². The van der Waals surface area contributed by atoms with Crippen LogP contribution in [0.25, 0.3) is 0 Å². The lowest BCUT2D eigenvalue weighted by Gasteiger charge is -2.56. The van der Waals surface area contributed by atoms with Crippen LogP contribution in [-0.2, 0) is 11.0 Å². The highest BCUT2D eigenvalue weighted by atomic mass is 32.2. The first-order chi connectivity index (χ1) is 9.72. The van der Waals surface area contributed by atoms with Gasteiger partial charge in [-0.25, -0.2) is 17.3 Å². The summed E-state index contributed by atoms with van der Waals surface area (Å²) in [7, 11) is -0.330. The van der Waals surface area contributed by atoms with Crippen LogP contribution in [0.3, 0.4) is 0 Å². The van der Waals surface area contributed by atoms with Crippen molar-refractivity contribution in [3.05, 3.63) is 0 Å². The van der Waals surface area contributed by atoms with Gasteiger partial charge in [0.1, 0.15) is 11.0 Å². The molecule has 4 aliphatic rings. The van der Waals surface area contributed by atoms with Crippen molar-refractivity contribution in [3.8, 4) is 0 Å². The average Bonchev–Trinajstić information content (AvgIpc) is 2.35. The molecule has 0 aromatic heterocycles. The summed E-state index contributed by atoms with van der Waals surface area (Å²) in [5.41, 5.74) is 0. The van der Waals surface area contributed by atoms with Gasteiger partial charge in [-0.15, -0.1) is 0 Å². The molecule has 0 aliphatic heterocycles. The second-order valence-corrected chi connectivity index (χ2v) is 9.19. The number of nitrogens with zero attached hydrogens (tertiary/aromatic N) is 1. The molecule has 122 valence electrons. The van der Waals surface area contributed by atoms with Crippen molar-refractivity contribution in [2.24, 2.45) is 17.8 Å². The van der Waals surface area contributed by atoms with E-state index in [-0.39, 0.29) is 0 Å². The molecule has 0 aromatic carbocycles. The Kier molecular flexibility index (Phi) is 3.88. The molecular weight excluding hydrogens is 306 g/mol. The summed E-state index contributed by atoms with van der Waals surface area (Å²) in [6, 6.07) is 0. The molecule has 4 bridgehead atoms. The number of hydrogen-bond donors (Lipinski definition) is 0. The van der Waals surface area contributed by atoms with Crippen LogP contribution in [0.5, 0.6) is 0 Å². The first kappa shape index (κ1) is 15.7. The molecule has 0 saturated heterocycles. The lowest BCUT2D eigenvalue weighted by molar-refractivity contribution is -0.132. The van der Waals surface area contributed by atoms with Crippen molar-refractivity contribution in [2.45, 2.75) is 55.6 Å². The van der Waals surface area contributed by atoms with Crippen LogP contribution >= 0.6 is 0 Å². The number of alkyl halides is 4. The maximum absolute atomic E-state index is 13.2. The van der Waals surface area contributed by atoms with Crippen LogP contribution < -0.4 is 0 Å². The number of rotatable bonds is 5. The second kappa shape index (κ2) is 5.18. The molecule has 4 saturated carbocycles. The van der Waals surface area contributed by atoms with E-state index in [9.17, 15) is 21.8 Å². The molecule has 0 N–H and O–H groups in total. The highest BCUT2D eigenvalue weighted by Crippen LogP contribution is 2.58. The molecule has 4 aliphatic carbocycles. The van der Waals surface area contributed by atoms with Gasteiger partial charge < -0.3 is 0 Å². The lowest BCUT2D eigenvalue weighted by Crippen LogP contribution is -2.56. The minimum absolute atomic E-state index is 0.443. The summed E-state index contributed by atoms with van der Waals surface area (Å²) < 4.78 is 64.3. The summed E-state index contributed by atoms with van der Waals surface area (Å²) in [6.07, 6.45) is 2.17. The van der Waals surface area contributed by atoms with Gasteiger partial charge in [0.2, 0.25) is 0 Å². The predicted octanol–water partition coefficient (Wildman–Crippen LogP) is 3.45. The fourth-order valence-corrected chi connectivity index (χ4v) is 7.09. The van der Waals surface area contributed by atoms with E-state index in [1.165, 1.54) is 7.05 Å². The summed E-state index contributed by atoms with van der Waals surface area (Å²) in [5.74, 6) is -2.47. The van der Waals surface area contributed by atoms with Crippen molar-refractivity contribution in [1.82, 2.24) is 4.31 Å². The monoisotopic (exact) mass is 327 g/mol. The first-order valence-electron chi connectivity index (χ1n) is 7.51. The highest BCUT2D eigenvalue weighted by molar-refractivity contribution is 7.84. The van der Waals surface area contributed by atoms with Gasteiger partial charge in [0.05, 0.1) is 11.3 Å². The zero-order valence-electron chi connectivity index (χ0n) is 12.0. The quantitative estimate of drug-likeness (QED) is 0.708. The van der Waals surface area contributed by atoms with Gasteiger partial charge in [-0.1, -0.05) is 0 Å². The molecule has 7 heteroatoms. The first-order valence-corrected chi connectivity index (χ1v) is 8.62. The maximum Gasteiger partial charge on any atom is 0.320 e. The molecule has 0 unspecified atom stereocenters. The summed E-state index contributed by atoms with van der Waals surface area (Å²) in [5, 5.41) is 0. The third-order valence-corrected chi connectivity index (χ3v) is 7.32. The van der Waals surface area contributed by atoms with E-state index in [1.807, 2.05) is 0 Å². The van der Waals surface area contributed by atoms with Crippen LogP contribution in [0, 0.1) is 17.8 Å². The summed E-state index contributed by atoms with van der Waals surface area (Å²) >= 11 is 0. The molecular formula is C14H21F4NOS. The molecule has 21 heavy (non-hydrogen) atoms. The van der Waals surface area contributed by atoms with Crippen LogP contribution in [0.2, 0.25) is 0 Å². The SMILES string of the molecule is CN(CC(F)(F)C(F)F)[S@@](=O)C12CC3CC(CC(C3)C1)C2. The Morgan fingerprint density at radius 1 is 1.14 bits per heavy atom. The van der Waals surface area contributed by atoms with Crippen LogP contribution in [0.1, 0.15) is 38.5 Å². The molecule has 0 aromatic rings. The third kappa shape index (κ3) is 2.76. The zero-order valence-corrected chi connectivity index (χ0v) is 12.9. The normalized spacial score (nSPS) is 40.2. The van der Waals surface area contributed by atoms with E-state index >= 15 is 0 Å². The smallest absolute Gasteiger partial charge is 0.242 e. The number of hydrogen-bond acceptors (Lipinski definition) is 1. The molecule has 0 spiro atoms. The van der Waals surface area contributed by atoms with Crippen LogP contribution in [-0.4, -0.2) is 39.2 Å². The standard InChI is InChI=1S/C14H21F4NOS/c1-19(8-14(17,18)12(15)16)21(20)13-5-9-2-10(6-13)4-11(3-9)7-13/h9-12H,2-8H2,1H3/t9?,10?,11?,13?,21-/m0/s1. The molecule has 4 rings (SSSR count). The van der Waals surface area contributed by atoms with E-state index < -0.39 is 34.6 Å². The summed E-state index contributed by atoms with van der Waals surface area (Å²) in [6.45, 7) is -1.14. The van der Waals surface area contributed by atoms with E-state index in [2.05, 4.69) is 0 Å². The van der Waals surface area contributed by atoms with Gasteiger partial charge in [-0.2, -0.15) is 8.78 Å². The van der Waals surface area contributed by atoms with Crippen molar-refractivity contribution < 1.29 is 21.8 Å². The molecule has 0 amide bonds. The van der Waals surface area contributed by atoms with E-state index in [0.29, 0.717) is 17.8 Å². The van der Waals surface area contributed by atoms with Crippen molar-refractivity contribution in [3.63, 3.8) is 0 Å². The molecule has 1 atom stereocenters. The molecule has 4 fully saturated rings. The Morgan fingerprint density at radius 2 is 1.57 bits per heavy atom. The van der Waals surface area contributed by atoms with Gasteiger partial charge in [-0.3, -0.25) is 0 Å². The Morgan fingerprint density at radius 3 is 1.95 bits per heavy atom. The van der Waals surface area contributed by atoms with E-state index in [0.717, 1.165) is 42.8 Å². The third-order valence-electron chi connectivity index (χ3n) is 5.39. The van der Waals surface area contributed by atoms with Crippen molar-refractivity contribution in [2.75, 3.05) is 13.6 Å². The lowest BCUT2D eigenvalue weighted by atomic mass is 9.56. The van der Waals surface area contributed by atoms with Gasteiger partial charge in [0.25, 0.3) is 0 Å². The Labute approximate surface area is 124 Å². The van der Waals surface area contributed by atoms with Gasteiger partial charge in [0.15, 0.2) is 0 Å². The minimum atomic E-state index is -4.10. The predicted molar refractivity (Wildman–Crippen MR) is 72.6 cm³/mol. The minimum Gasteiger partial charge on any atom is -0.242 e. The van der Waals surface area contributed by atoms with Crippen molar-refractivity contribution in [1.29, 1.82) is 0 Å². The Bertz CT molecular complexity index is 407. The molecule has 0 heterocycles. The fraction of sp³-hybridized carbons (Fsp3) is 1.00. The second-order valence-electron chi connectivity index (χ2n) is 7.20. The Balaban J connectivity index is 1.73. The van der Waals surface area contributed by atoms with Crippen LogP contribution in [0.15, 0.2) is 0 Å². The largest absolute Gasteiger partial charge is 0.320 e. The topological polar surface area (TPSA) is 20.3 Å². The number of halogens is 4. The highest BCUT2D eigenvalue weighted by Gasteiger charge is 2.55. The maximum atomic E-state index is 13.2. The zero-order chi connectivity index (χ0) is 15.4. The molecule has 2 nitrogen and oxygen atoms in total. The fourth-order valence-electron chi connectivity index (χ4n) is 5.00. The van der Waals surface area contributed by atoms with Gasteiger partial charge in [-0.05, 0) is 56.3 Å². The average molecular weight is 327 g/mol.